The molecule has 0 radical (unpaired) electrons. The lowest BCUT2D eigenvalue weighted by molar-refractivity contribution is 0.414. The number of hydrogen-bond acceptors (Lipinski definition) is 8. The van der Waals surface area contributed by atoms with Gasteiger partial charge in [0.05, 0.1) is 25.5 Å². The molecule has 1 aliphatic carbocycles. The van der Waals surface area contributed by atoms with Crippen LogP contribution in [0.5, 0.6) is 5.75 Å². The molecule has 0 spiro atoms. The molecule has 6 aromatic rings. The normalized spacial score (nSPS) is 16.6. The predicted molar refractivity (Wildman–Crippen MR) is 163 cm³/mol. The number of methoxy groups -OCH3 is 1. The minimum absolute atomic E-state index is 0.137. The van der Waals surface area contributed by atoms with E-state index in [0.717, 1.165) is 58.9 Å². The second-order valence-electron chi connectivity index (χ2n) is 10.5. The second-order valence-corrected chi connectivity index (χ2v) is 10.5. The van der Waals surface area contributed by atoms with Crippen molar-refractivity contribution < 1.29 is 4.74 Å². The van der Waals surface area contributed by atoms with Crippen LogP contribution in [0.15, 0.2) is 96.2 Å². The van der Waals surface area contributed by atoms with Gasteiger partial charge in [-0.25, -0.2) is 19.9 Å². The van der Waals surface area contributed by atoms with Gasteiger partial charge in [-0.15, -0.1) is 0 Å². The number of imidazole rings is 1. The molecule has 0 saturated heterocycles. The molecule has 210 valence electrons. The Balaban J connectivity index is 1.05. The molecule has 5 heterocycles. The largest absolute Gasteiger partial charge is 0.497 e. The number of ether oxygens (including phenoxy) is 1. The molecule has 0 aliphatic heterocycles. The zero-order valence-electron chi connectivity index (χ0n) is 23.1. The molecule has 1 aromatic carbocycles. The first-order valence-corrected chi connectivity index (χ1v) is 14.0. The van der Waals surface area contributed by atoms with Gasteiger partial charge >= 0.3 is 0 Å². The molecule has 42 heavy (non-hydrogen) atoms. The van der Waals surface area contributed by atoms with E-state index >= 15 is 0 Å². The van der Waals surface area contributed by atoms with Gasteiger partial charge in [0.1, 0.15) is 22.7 Å². The van der Waals surface area contributed by atoms with Gasteiger partial charge in [0.25, 0.3) is 5.56 Å². The first-order chi connectivity index (χ1) is 20.6. The molecule has 2 atom stereocenters. The number of nitrogens with zero attached hydrogens (tertiary/aromatic N) is 6. The quantitative estimate of drug-likeness (QED) is 0.268. The minimum atomic E-state index is -0.137. The molecule has 2 N–H and O–H groups in total. The van der Waals surface area contributed by atoms with Crippen molar-refractivity contribution >= 4 is 34.0 Å². The Labute approximate surface area is 242 Å². The van der Waals surface area contributed by atoms with Crippen molar-refractivity contribution in [3.05, 3.63) is 107 Å². The highest BCUT2D eigenvalue weighted by molar-refractivity contribution is 5.76. The summed E-state index contributed by atoms with van der Waals surface area (Å²) >= 11 is 0. The van der Waals surface area contributed by atoms with Gasteiger partial charge in [-0.05, 0) is 79.4 Å². The molecule has 10 heteroatoms. The molecular formula is C32H30N8O2. The third-order valence-electron chi connectivity index (χ3n) is 7.78. The van der Waals surface area contributed by atoms with Gasteiger partial charge in [0.2, 0.25) is 5.95 Å². The molecule has 1 aliphatic rings. The molecule has 0 unspecified atom stereocenters. The Morgan fingerprint density at radius 3 is 2.43 bits per heavy atom. The Morgan fingerprint density at radius 2 is 1.64 bits per heavy atom. The van der Waals surface area contributed by atoms with E-state index in [1.165, 1.54) is 0 Å². The fourth-order valence-electron chi connectivity index (χ4n) is 5.69. The maximum absolute atomic E-state index is 12.6. The van der Waals surface area contributed by atoms with Crippen LogP contribution in [0.3, 0.4) is 0 Å². The van der Waals surface area contributed by atoms with Crippen LogP contribution in [-0.2, 0) is 6.54 Å². The average Bonchev–Trinajstić information content (AvgIpc) is 3.61. The topological polar surface area (TPSA) is 112 Å². The molecule has 0 amide bonds. The van der Waals surface area contributed by atoms with Gasteiger partial charge in [-0.2, -0.15) is 0 Å². The van der Waals surface area contributed by atoms with E-state index in [2.05, 4.69) is 42.3 Å². The third-order valence-corrected chi connectivity index (χ3v) is 7.78. The first-order valence-electron chi connectivity index (χ1n) is 14.0. The zero-order valence-corrected chi connectivity index (χ0v) is 23.1. The van der Waals surface area contributed by atoms with Crippen LogP contribution >= 0.6 is 0 Å². The van der Waals surface area contributed by atoms with Crippen molar-refractivity contribution in [2.24, 2.45) is 0 Å². The predicted octanol–water partition coefficient (Wildman–Crippen LogP) is 5.03. The van der Waals surface area contributed by atoms with E-state index in [4.69, 9.17) is 9.72 Å². The lowest BCUT2D eigenvalue weighted by Gasteiger charge is -2.17. The van der Waals surface area contributed by atoms with Gasteiger partial charge in [-0.1, -0.05) is 12.1 Å². The molecule has 10 nitrogen and oxygen atoms in total. The summed E-state index contributed by atoms with van der Waals surface area (Å²) in [5.74, 6) is 2.43. The van der Waals surface area contributed by atoms with Crippen molar-refractivity contribution in [1.82, 2.24) is 29.1 Å². The van der Waals surface area contributed by atoms with Crippen molar-refractivity contribution in [1.29, 1.82) is 0 Å². The third kappa shape index (κ3) is 5.03. The van der Waals surface area contributed by atoms with E-state index < -0.39 is 0 Å². The summed E-state index contributed by atoms with van der Waals surface area (Å²) in [6, 6.07) is 23.5. The van der Waals surface area contributed by atoms with Crippen molar-refractivity contribution in [3.63, 3.8) is 0 Å². The van der Waals surface area contributed by atoms with Crippen LogP contribution < -0.4 is 20.9 Å². The van der Waals surface area contributed by atoms with Gasteiger partial charge < -0.3 is 15.4 Å². The molecule has 0 bridgehead atoms. The Bertz CT molecular complexity index is 1910. The first kappa shape index (κ1) is 25.7. The second kappa shape index (κ2) is 11.0. The lowest BCUT2D eigenvalue weighted by atomic mass is 10.2. The number of benzene rings is 1. The summed E-state index contributed by atoms with van der Waals surface area (Å²) in [5.41, 5.74) is 4.03. The number of aromatic nitrogens is 6. The van der Waals surface area contributed by atoms with Crippen LogP contribution in [0.25, 0.3) is 27.9 Å². The Kier molecular flexibility index (Phi) is 6.71. The van der Waals surface area contributed by atoms with Crippen LogP contribution in [0.2, 0.25) is 0 Å². The molecule has 7 rings (SSSR count). The highest BCUT2D eigenvalue weighted by Gasteiger charge is 2.26. The molecule has 5 aromatic heterocycles. The summed E-state index contributed by atoms with van der Waals surface area (Å²) in [5, 5.41) is 8.17. The van der Waals surface area contributed by atoms with E-state index in [0.29, 0.717) is 17.9 Å². The number of hydrogen-bond donors (Lipinski definition) is 2. The smallest absolute Gasteiger partial charge is 0.256 e. The number of anilines is 2. The molecule has 1 saturated carbocycles. The standard InChI is InChI=1S/C32H30N8O2/c1-42-26-12-6-21(7-13-26)20-39-31-27(5-3-17-34-31)38-32(39)37-24-10-9-23(18-24)36-28-14-11-25(19-35-28)40-29(41)15-8-22-4-2-16-33-30(22)40/h2-8,11-17,19,23-24H,9-10,18,20H2,1H3,(H,35,36)(H,37,38)/t23-,24-/m0/s1. The van der Waals surface area contributed by atoms with Crippen LogP contribution in [-0.4, -0.2) is 48.3 Å². The highest BCUT2D eigenvalue weighted by atomic mass is 16.5. The molecule has 1 fully saturated rings. The Hall–Kier alpha value is -5.25. The fraction of sp³-hybridized carbons (Fsp3) is 0.219. The van der Waals surface area contributed by atoms with Crippen LogP contribution in [0, 0.1) is 0 Å². The average molecular weight is 559 g/mol. The number of rotatable bonds is 8. The van der Waals surface area contributed by atoms with Crippen molar-refractivity contribution in [3.8, 4) is 11.4 Å². The summed E-state index contributed by atoms with van der Waals surface area (Å²) < 4.78 is 9.05. The highest BCUT2D eigenvalue weighted by Crippen LogP contribution is 2.28. The lowest BCUT2D eigenvalue weighted by Crippen LogP contribution is -2.23. The van der Waals surface area contributed by atoms with Crippen molar-refractivity contribution in [2.45, 2.75) is 37.9 Å². The summed E-state index contributed by atoms with van der Waals surface area (Å²) in [7, 11) is 1.67. The van der Waals surface area contributed by atoms with E-state index in [9.17, 15) is 4.79 Å². The van der Waals surface area contributed by atoms with Gasteiger partial charge in [0.15, 0.2) is 5.65 Å². The summed E-state index contributed by atoms with van der Waals surface area (Å²) in [4.78, 5) is 31.2. The zero-order chi connectivity index (χ0) is 28.5. The van der Waals surface area contributed by atoms with Gasteiger partial charge in [0, 0.05) is 35.9 Å². The monoisotopic (exact) mass is 558 g/mol. The van der Waals surface area contributed by atoms with Crippen LogP contribution in [0.1, 0.15) is 24.8 Å². The number of nitrogens with one attached hydrogen (secondary N) is 2. The van der Waals surface area contributed by atoms with Crippen LogP contribution in [0.4, 0.5) is 11.8 Å². The van der Waals surface area contributed by atoms with E-state index in [1.807, 2.05) is 48.5 Å². The Morgan fingerprint density at radius 1 is 0.857 bits per heavy atom. The van der Waals surface area contributed by atoms with E-state index in [1.54, 1.807) is 42.4 Å². The molecular weight excluding hydrogens is 528 g/mol. The van der Waals surface area contributed by atoms with Crippen molar-refractivity contribution in [2.75, 3.05) is 17.7 Å². The maximum atomic E-state index is 12.6. The fourth-order valence-corrected chi connectivity index (χ4v) is 5.69. The maximum Gasteiger partial charge on any atom is 0.256 e. The summed E-state index contributed by atoms with van der Waals surface area (Å²) in [6.07, 6.45) is 8.15. The summed E-state index contributed by atoms with van der Waals surface area (Å²) in [6.45, 7) is 0.653. The van der Waals surface area contributed by atoms with E-state index in [-0.39, 0.29) is 17.6 Å². The number of fused-ring (bicyclic) bond motifs is 2. The number of pyridine rings is 4. The SMILES string of the molecule is COc1ccc(Cn2c(N[C@H]3CC[C@H](Nc4ccc(-n5c(=O)ccc6cccnc65)cn4)C3)nc3cccnc32)cc1. The minimum Gasteiger partial charge on any atom is -0.497 e. The van der Waals surface area contributed by atoms with Gasteiger partial charge in [-0.3, -0.25) is 13.9 Å².